The molecule has 0 unspecified atom stereocenters. The number of pyridine rings is 1. The Morgan fingerprint density at radius 3 is 3.00 bits per heavy atom. The number of nitrogens with one attached hydrogen (secondary N) is 1. The zero-order valence-electron chi connectivity index (χ0n) is 15.5. The summed E-state index contributed by atoms with van der Waals surface area (Å²) in [7, 11) is 0. The number of ether oxygens (including phenoxy) is 2. The number of fused-ring (bicyclic) bond motifs is 1. The summed E-state index contributed by atoms with van der Waals surface area (Å²) in [4.78, 5) is 20.8. The van der Waals surface area contributed by atoms with E-state index < -0.39 is 5.97 Å². The number of aromatic nitrogens is 1. The summed E-state index contributed by atoms with van der Waals surface area (Å²) in [5.41, 5.74) is 4.33. The van der Waals surface area contributed by atoms with Gasteiger partial charge in [0.05, 0.1) is 19.8 Å². The van der Waals surface area contributed by atoms with Crippen LogP contribution in [-0.2, 0) is 9.47 Å². The molecule has 0 aromatic carbocycles. The van der Waals surface area contributed by atoms with E-state index in [1.165, 1.54) is 0 Å². The van der Waals surface area contributed by atoms with E-state index in [-0.39, 0.29) is 36.2 Å². The van der Waals surface area contributed by atoms with Crippen molar-refractivity contribution in [2.45, 2.75) is 0 Å². The Hall–Kier alpha value is -3.21. The number of hydrogen-bond donors (Lipinski definition) is 3. The standard InChI is InChI=1S/C19H20N4O6/c24-6-9-28-19(26)15-16(25)14(29-18(15)22-23-4-7-27-8-5-23)10-12-11-21-17-13(12)2-1-3-20-17/h1-3,10-11,22,24-25H,4-9H2. The Morgan fingerprint density at radius 2 is 2.21 bits per heavy atom. The van der Waals surface area contributed by atoms with Crippen molar-refractivity contribution in [2.24, 2.45) is 4.99 Å². The topological polar surface area (TPSA) is 130 Å². The zero-order chi connectivity index (χ0) is 20.2. The van der Waals surface area contributed by atoms with E-state index in [0.717, 1.165) is 5.56 Å². The molecular weight excluding hydrogens is 380 g/mol. The fraction of sp³-hybridized carbons (Fsp3) is 0.316. The minimum Gasteiger partial charge on any atom is -0.504 e. The van der Waals surface area contributed by atoms with Crippen molar-refractivity contribution in [2.75, 3.05) is 44.9 Å². The van der Waals surface area contributed by atoms with E-state index in [9.17, 15) is 9.90 Å². The maximum Gasteiger partial charge on any atom is 0.347 e. The molecule has 4 rings (SSSR count). The van der Waals surface area contributed by atoms with Gasteiger partial charge in [-0.1, -0.05) is 0 Å². The summed E-state index contributed by atoms with van der Waals surface area (Å²) in [6, 6.07) is 3.64. The second-order valence-electron chi connectivity index (χ2n) is 6.32. The van der Waals surface area contributed by atoms with Gasteiger partial charge in [-0.25, -0.2) is 19.8 Å². The minimum atomic E-state index is -0.803. The van der Waals surface area contributed by atoms with Crippen molar-refractivity contribution in [1.82, 2.24) is 9.99 Å². The first-order valence-electron chi connectivity index (χ1n) is 9.11. The number of rotatable bonds is 6. The molecule has 10 nitrogen and oxygen atoms in total. The number of nitrogens with zero attached hydrogens (tertiary/aromatic N) is 3. The lowest BCUT2D eigenvalue weighted by Gasteiger charge is -2.26. The number of allylic oxidation sites excluding steroid dienone is 1. The molecule has 2 aliphatic heterocycles. The van der Waals surface area contributed by atoms with Crippen LogP contribution in [0.1, 0.15) is 21.7 Å². The molecule has 2 aromatic rings. The van der Waals surface area contributed by atoms with Crippen LogP contribution in [0, 0.1) is 0 Å². The van der Waals surface area contributed by atoms with Gasteiger partial charge in [-0.2, -0.15) is 0 Å². The molecule has 0 amide bonds. The highest BCUT2D eigenvalue weighted by atomic mass is 16.5. The van der Waals surface area contributed by atoms with Crippen LogP contribution >= 0.6 is 0 Å². The Labute approximate surface area is 166 Å². The molecule has 4 heterocycles. The molecular formula is C19H20N4O6. The number of hydrazine groups is 1. The summed E-state index contributed by atoms with van der Waals surface area (Å²) in [6.45, 7) is 1.70. The fourth-order valence-electron chi connectivity index (χ4n) is 3.02. The second-order valence-corrected chi connectivity index (χ2v) is 6.32. The first-order chi connectivity index (χ1) is 14.2. The molecule has 1 saturated heterocycles. The molecule has 152 valence electrons. The summed E-state index contributed by atoms with van der Waals surface area (Å²) >= 11 is 0. The third-order valence-electron chi connectivity index (χ3n) is 4.42. The second kappa shape index (κ2) is 8.43. The summed E-state index contributed by atoms with van der Waals surface area (Å²) in [5, 5.41) is 21.4. The number of aliphatic hydroxyl groups excluding tert-OH is 1. The van der Waals surface area contributed by atoms with Crippen LogP contribution in [0.2, 0.25) is 0 Å². The number of esters is 1. The van der Waals surface area contributed by atoms with Gasteiger partial charge in [0, 0.05) is 36.6 Å². The number of hydrogen-bond acceptors (Lipinski definition) is 10. The number of aliphatic imine (C=N–C) groups is 1. The van der Waals surface area contributed by atoms with E-state index in [1.807, 2.05) is 11.1 Å². The number of aliphatic hydroxyl groups is 1. The van der Waals surface area contributed by atoms with Gasteiger partial charge in [-0.05, 0) is 18.2 Å². The molecule has 0 atom stereocenters. The third kappa shape index (κ3) is 3.99. The van der Waals surface area contributed by atoms with E-state index in [0.29, 0.717) is 37.7 Å². The Bertz CT molecular complexity index is 962. The van der Waals surface area contributed by atoms with Gasteiger partial charge < -0.3 is 24.1 Å². The smallest absolute Gasteiger partial charge is 0.347 e. The highest BCUT2D eigenvalue weighted by Gasteiger charge is 2.28. The fourth-order valence-corrected chi connectivity index (χ4v) is 3.02. The maximum absolute atomic E-state index is 12.4. The SMILES string of the molecule is O=C(OCCO)c1c(NN2CCOCC2)oc(C=C2C=Nc3ncccc32)c1O. The van der Waals surface area contributed by atoms with E-state index in [1.54, 1.807) is 24.6 Å². The summed E-state index contributed by atoms with van der Waals surface area (Å²) < 4.78 is 16.0. The summed E-state index contributed by atoms with van der Waals surface area (Å²) in [6.07, 6.45) is 4.83. The number of morpholine rings is 1. The molecule has 0 spiro atoms. The highest BCUT2D eigenvalue weighted by molar-refractivity contribution is 6.21. The highest BCUT2D eigenvalue weighted by Crippen LogP contribution is 2.38. The zero-order valence-corrected chi connectivity index (χ0v) is 15.5. The number of furan rings is 1. The van der Waals surface area contributed by atoms with Crippen molar-refractivity contribution in [3.63, 3.8) is 0 Å². The summed E-state index contributed by atoms with van der Waals surface area (Å²) in [5.74, 6) is -0.459. The Kier molecular flexibility index (Phi) is 5.56. The average molecular weight is 400 g/mol. The van der Waals surface area contributed by atoms with Crippen LogP contribution < -0.4 is 5.43 Å². The van der Waals surface area contributed by atoms with Crippen LogP contribution in [0.3, 0.4) is 0 Å². The van der Waals surface area contributed by atoms with Crippen molar-refractivity contribution >= 4 is 35.5 Å². The van der Waals surface area contributed by atoms with Gasteiger partial charge >= 0.3 is 5.97 Å². The van der Waals surface area contributed by atoms with E-state index in [2.05, 4.69) is 15.4 Å². The molecule has 2 aromatic heterocycles. The molecule has 0 radical (unpaired) electrons. The normalized spacial score (nSPS) is 17.5. The van der Waals surface area contributed by atoms with Gasteiger partial charge in [0.15, 0.2) is 22.9 Å². The van der Waals surface area contributed by atoms with Crippen molar-refractivity contribution < 1.29 is 28.9 Å². The van der Waals surface area contributed by atoms with Crippen LogP contribution in [0.15, 0.2) is 27.7 Å². The molecule has 0 bridgehead atoms. The van der Waals surface area contributed by atoms with E-state index >= 15 is 0 Å². The van der Waals surface area contributed by atoms with Gasteiger partial charge in [-0.15, -0.1) is 0 Å². The first-order valence-corrected chi connectivity index (χ1v) is 9.11. The predicted octanol–water partition coefficient (Wildman–Crippen LogP) is 1.44. The minimum absolute atomic E-state index is 0.0561. The van der Waals surface area contributed by atoms with Crippen molar-refractivity contribution in [1.29, 1.82) is 0 Å². The number of anilines is 1. The van der Waals surface area contributed by atoms with Crippen molar-refractivity contribution in [3.05, 3.63) is 35.2 Å². The van der Waals surface area contributed by atoms with Gasteiger partial charge in [0.1, 0.15) is 6.61 Å². The molecule has 29 heavy (non-hydrogen) atoms. The van der Waals surface area contributed by atoms with Gasteiger partial charge in [0.25, 0.3) is 0 Å². The lowest BCUT2D eigenvalue weighted by molar-refractivity contribution is 0.0424. The van der Waals surface area contributed by atoms with Crippen LogP contribution in [0.4, 0.5) is 11.7 Å². The Morgan fingerprint density at radius 1 is 1.38 bits per heavy atom. The van der Waals surface area contributed by atoms with Crippen LogP contribution in [-0.4, -0.2) is 71.9 Å². The van der Waals surface area contributed by atoms with Gasteiger partial charge in [0.2, 0.25) is 5.88 Å². The molecule has 10 heteroatoms. The number of aromatic hydroxyl groups is 1. The lowest BCUT2D eigenvalue weighted by atomic mass is 10.1. The lowest BCUT2D eigenvalue weighted by Crippen LogP contribution is -2.40. The molecule has 2 aliphatic rings. The largest absolute Gasteiger partial charge is 0.504 e. The quantitative estimate of drug-likeness (QED) is 0.617. The average Bonchev–Trinajstić information content (AvgIpc) is 3.28. The molecule has 0 saturated carbocycles. The Balaban J connectivity index is 1.68. The van der Waals surface area contributed by atoms with Crippen LogP contribution in [0.25, 0.3) is 11.6 Å². The monoisotopic (exact) mass is 400 g/mol. The number of carbonyl (C=O) groups excluding carboxylic acids is 1. The molecule has 3 N–H and O–H groups in total. The first kappa shape index (κ1) is 19.1. The predicted molar refractivity (Wildman–Crippen MR) is 104 cm³/mol. The molecule has 0 aliphatic carbocycles. The van der Waals surface area contributed by atoms with Gasteiger partial charge in [-0.3, -0.25) is 5.43 Å². The maximum atomic E-state index is 12.4. The van der Waals surface area contributed by atoms with Crippen molar-refractivity contribution in [3.8, 4) is 5.75 Å². The number of carbonyl (C=O) groups is 1. The molecule has 1 fully saturated rings. The van der Waals surface area contributed by atoms with Crippen LogP contribution in [0.5, 0.6) is 5.75 Å². The van der Waals surface area contributed by atoms with E-state index in [4.69, 9.17) is 19.0 Å². The third-order valence-corrected chi connectivity index (χ3v) is 4.42.